The number of nitrogens with zero attached hydrogens (tertiary/aromatic N) is 2. The molecule has 0 aliphatic heterocycles. The van der Waals surface area contributed by atoms with Crippen LogP contribution in [0.3, 0.4) is 0 Å². The van der Waals surface area contributed by atoms with Crippen LogP contribution in [0.15, 0.2) is 36.5 Å². The van der Waals surface area contributed by atoms with Crippen molar-refractivity contribution >= 4 is 32.6 Å². The Labute approximate surface area is 160 Å². The minimum absolute atomic E-state index is 0.0706. The van der Waals surface area contributed by atoms with Crippen LogP contribution in [0.2, 0.25) is 0 Å². The molecule has 1 amide bonds. The summed E-state index contributed by atoms with van der Waals surface area (Å²) in [6.07, 6.45) is 4.06. The fourth-order valence-electron chi connectivity index (χ4n) is 3.16. The second-order valence-electron chi connectivity index (χ2n) is 6.46. The Bertz CT molecular complexity index is 974. The van der Waals surface area contributed by atoms with E-state index in [1.54, 1.807) is 25.4 Å². The molecule has 2 aromatic heterocycles. The van der Waals surface area contributed by atoms with Gasteiger partial charge in [0, 0.05) is 25.4 Å². The van der Waals surface area contributed by atoms with Crippen molar-refractivity contribution in [2.45, 2.75) is 31.4 Å². The van der Waals surface area contributed by atoms with Crippen LogP contribution < -0.4 is 15.4 Å². The van der Waals surface area contributed by atoms with Gasteiger partial charge in [0.15, 0.2) is 5.13 Å². The van der Waals surface area contributed by atoms with Crippen LogP contribution in [0.4, 0.5) is 5.13 Å². The van der Waals surface area contributed by atoms with E-state index in [9.17, 15) is 9.90 Å². The molecule has 1 aliphatic rings. The number of hydrogen-bond acceptors (Lipinski definition) is 7. The summed E-state index contributed by atoms with van der Waals surface area (Å²) in [6.45, 7) is 0. The van der Waals surface area contributed by atoms with Crippen molar-refractivity contribution in [3.63, 3.8) is 0 Å². The highest BCUT2D eigenvalue weighted by molar-refractivity contribution is 7.22. The van der Waals surface area contributed by atoms with E-state index in [1.807, 2.05) is 18.2 Å². The number of aliphatic hydroxyl groups is 1. The first-order valence-corrected chi connectivity index (χ1v) is 9.65. The molecule has 2 heterocycles. The van der Waals surface area contributed by atoms with E-state index in [-0.39, 0.29) is 18.1 Å². The Morgan fingerprint density at radius 3 is 2.89 bits per heavy atom. The zero-order chi connectivity index (χ0) is 18.8. The summed E-state index contributed by atoms with van der Waals surface area (Å²) in [6, 6.07) is 9.04. The van der Waals surface area contributed by atoms with Gasteiger partial charge in [0.05, 0.1) is 22.4 Å². The van der Waals surface area contributed by atoms with E-state index >= 15 is 0 Å². The molecular weight excluding hydrogens is 364 g/mol. The lowest BCUT2D eigenvalue weighted by Gasteiger charge is -2.14. The standard InChI is InChI=1S/C19H20N4O3S/c1-20-18(25)15-9-12(7-8-21-15)26-11-5-6-14-17(10-11)27-19(23-14)22-13-3-2-4-16(13)24/h5-10,13,16,24H,2-4H2,1H3,(H,20,25)(H,22,23). The van der Waals surface area contributed by atoms with Gasteiger partial charge in [-0.15, -0.1) is 0 Å². The minimum Gasteiger partial charge on any atom is -0.457 e. The molecule has 0 saturated heterocycles. The lowest BCUT2D eigenvalue weighted by molar-refractivity contribution is 0.0958. The van der Waals surface area contributed by atoms with Crippen molar-refractivity contribution in [3.8, 4) is 11.5 Å². The first-order chi connectivity index (χ1) is 13.1. The highest BCUT2D eigenvalue weighted by Gasteiger charge is 2.25. The van der Waals surface area contributed by atoms with Crippen LogP contribution in [0.1, 0.15) is 29.8 Å². The molecule has 27 heavy (non-hydrogen) atoms. The average Bonchev–Trinajstić information content (AvgIpc) is 3.26. The van der Waals surface area contributed by atoms with E-state index in [0.29, 0.717) is 17.2 Å². The fraction of sp³-hybridized carbons (Fsp3) is 0.316. The quantitative estimate of drug-likeness (QED) is 0.625. The summed E-state index contributed by atoms with van der Waals surface area (Å²) in [7, 11) is 1.56. The Hall–Kier alpha value is -2.71. The lowest BCUT2D eigenvalue weighted by Crippen LogP contribution is -2.27. The smallest absolute Gasteiger partial charge is 0.269 e. The maximum Gasteiger partial charge on any atom is 0.269 e. The number of rotatable bonds is 5. The number of thiazole rings is 1. The van der Waals surface area contributed by atoms with Gasteiger partial charge >= 0.3 is 0 Å². The van der Waals surface area contributed by atoms with Crippen LogP contribution in [0.25, 0.3) is 10.2 Å². The number of anilines is 1. The topological polar surface area (TPSA) is 96.4 Å². The number of amides is 1. The molecule has 2 unspecified atom stereocenters. The normalized spacial score (nSPS) is 19.2. The van der Waals surface area contributed by atoms with Gasteiger partial charge in [-0.3, -0.25) is 9.78 Å². The molecule has 3 aromatic rings. The molecule has 7 nitrogen and oxygen atoms in total. The third kappa shape index (κ3) is 3.86. The molecule has 1 aliphatic carbocycles. The van der Waals surface area contributed by atoms with Gasteiger partial charge in [-0.25, -0.2) is 4.98 Å². The molecule has 8 heteroatoms. The predicted octanol–water partition coefficient (Wildman–Crippen LogP) is 3.17. The van der Waals surface area contributed by atoms with Crippen LogP contribution in [0.5, 0.6) is 11.5 Å². The number of aliphatic hydroxyl groups excluding tert-OH is 1. The molecule has 1 aromatic carbocycles. The molecule has 3 N–H and O–H groups in total. The van der Waals surface area contributed by atoms with Crippen molar-refractivity contribution < 1.29 is 14.6 Å². The van der Waals surface area contributed by atoms with Gasteiger partial charge in [-0.2, -0.15) is 0 Å². The number of carbonyl (C=O) groups is 1. The van der Waals surface area contributed by atoms with E-state index < -0.39 is 0 Å². The molecule has 140 valence electrons. The van der Waals surface area contributed by atoms with Crippen LogP contribution in [0, 0.1) is 0 Å². The zero-order valence-electron chi connectivity index (χ0n) is 14.8. The van der Waals surface area contributed by atoms with Gasteiger partial charge in [0.25, 0.3) is 5.91 Å². The first kappa shape index (κ1) is 17.7. The number of nitrogens with one attached hydrogen (secondary N) is 2. The first-order valence-electron chi connectivity index (χ1n) is 8.83. The molecule has 0 radical (unpaired) electrons. The average molecular weight is 384 g/mol. The van der Waals surface area contributed by atoms with E-state index in [2.05, 4.69) is 20.6 Å². The van der Waals surface area contributed by atoms with Crippen LogP contribution in [-0.2, 0) is 0 Å². The zero-order valence-corrected chi connectivity index (χ0v) is 15.6. The molecule has 1 saturated carbocycles. The molecular formula is C19H20N4O3S. The highest BCUT2D eigenvalue weighted by Crippen LogP contribution is 2.33. The number of hydrogen-bond donors (Lipinski definition) is 3. The molecule has 1 fully saturated rings. The van der Waals surface area contributed by atoms with Gasteiger partial charge in [-0.05, 0) is 37.5 Å². The predicted molar refractivity (Wildman–Crippen MR) is 105 cm³/mol. The summed E-state index contributed by atoms with van der Waals surface area (Å²) in [5.74, 6) is 0.940. The van der Waals surface area contributed by atoms with Gasteiger partial charge in [0.2, 0.25) is 0 Å². The Balaban J connectivity index is 1.52. The van der Waals surface area contributed by atoms with E-state index in [0.717, 1.165) is 34.6 Å². The van der Waals surface area contributed by atoms with Crippen LogP contribution in [-0.4, -0.2) is 40.2 Å². The third-order valence-corrected chi connectivity index (χ3v) is 5.52. The summed E-state index contributed by atoms with van der Waals surface area (Å²) < 4.78 is 6.87. The summed E-state index contributed by atoms with van der Waals surface area (Å²) >= 11 is 1.53. The largest absolute Gasteiger partial charge is 0.457 e. The Morgan fingerprint density at radius 2 is 2.11 bits per heavy atom. The summed E-state index contributed by atoms with van der Waals surface area (Å²) in [5.41, 5.74) is 1.18. The van der Waals surface area contributed by atoms with Crippen molar-refractivity contribution in [1.82, 2.24) is 15.3 Å². The van der Waals surface area contributed by atoms with E-state index in [1.165, 1.54) is 11.3 Å². The van der Waals surface area contributed by atoms with Crippen molar-refractivity contribution in [1.29, 1.82) is 0 Å². The maximum atomic E-state index is 11.7. The Morgan fingerprint density at radius 1 is 1.26 bits per heavy atom. The Kier molecular flexibility index (Phi) is 4.91. The van der Waals surface area contributed by atoms with Crippen molar-refractivity contribution in [2.24, 2.45) is 0 Å². The number of fused-ring (bicyclic) bond motifs is 1. The molecule has 0 bridgehead atoms. The van der Waals surface area contributed by atoms with Gasteiger partial charge in [-0.1, -0.05) is 11.3 Å². The van der Waals surface area contributed by atoms with Crippen molar-refractivity contribution in [2.75, 3.05) is 12.4 Å². The maximum absolute atomic E-state index is 11.7. The lowest BCUT2D eigenvalue weighted by atomic mass is 10.2. The monoisotopic (exact) mass is 384 g/mol. The SMILES string of the molecule is CNC(=O)c1cc(Oc2ccc3nc(NC4CCCC4O)sc3c2)ccn1. The number of aromatic nitrogens is 2. The number of pyridine rings is 1. The highest BCUT2D eigenvalue weighted by atomic mass is 32.1. The van der Waals surface area contributed by atoms with Crippen molar-refractivity contribution in [3.05, 3.63) is 42.2 Å². The molecule has 2 atom stereocenters. The van der Waals surface area contributed by atoms with E-state index in [4.69, 9.17) is 4.74 Å². The molecule has 4 rings (SSSR count). The number of benzene rings is 1. The second kappa shape index (κ2) is 7.50. The van der Waals surface area contributed by atoms with Gasteiger partial charge in [0.1, 0.15) is 17.2 Å². The summed E-state index contributed by atoms with van der Waals surface area (Å²) in [5, 5.41) is 16.7. The third-order valence-electron chi connectivity index (χ3n) is 4.58. The number of carbonyl (C=O) groups excluding carboxylic acids is 1. The summed E-state index contributed by atoms with van der Waals surface area (Å²) in [4.78, 5) is 20.3. The van der Waals surface area contributed by atoms with Gasteiger partial charge < -0.3 is 20.5 Å². The molecule has 0 spiro atoms. The number of ether oxygens (including phenoxy) is 1. The van der Waals surface area contributed by atoms with Crippen LogP contribution >= 0.6 is 11.3 Å². The minimum atomic E-state index is -0.308. The fourth-order valence-corrected chi connectivity index (χ4v) is 4.12. The second-order valence-corrected chi connectivity index (χ2v) is 7.49.